The molecule has 19 heavy (non-hydrogen) atoms. The molecule has 2 amide bonds. The van der Waals surface area contributed by atoms with Gasteiger partial charge in [-0.3, -0.25) is 9.59 Å². The Bertz CT molecular complexity index is 625. The Labute approximate surface area is 113 Å². The van der Waals surface area contributed by atoms with Gasteiger partial charge in [-0.1, -0.05) is 0 Å². The minimum atomic E-state index is -0.383. The normalized spacial score (nSPS) is 10.4. The number of nitrogens with two attached hydrogens (primary N) is 1. The molecular formula is C11H13N5O2S. The predicted molar refractivity (Wildman–Crippen MR) is 72.8 cm³/mol. The minimum absolute atomic E-state index is 0.0773. The maximum Gasteiger partial charge on any atom is 0.264 e. The number of nitrogens with one attached hydrogen (secondary N) is 2. The molecule has 0 saturated carbocycles. The Balaban J connectivity index is 2.13. The number of anilines is 1. The molecule has 0 aromatic carbocycles. The van der Waals surface area contributed by atoms with Gasteiger partial charge in [0.1, 0.15) is 9.71 Å². The third kappa shape index (κ3) is 2.79. The molecule has 0 saturated heterocycles. The zero-order valence-electron chi connectivity index (χ0n) is 10.3. The third-order valence-corrected chi connectivity index (χ3v) is 3.51. The number of likely N-dealkylation sites (N-methyl/N-ethyl adjacent to an activating group) is 1. The van der Waals surface area contributed by atoms with Gasteiger partial charge in [0.05, 0.1) is 18.4 Å². The van der Waals surface area contributed by atoms with E-state index in [1.165, 1.54) is 6.20 Å². The SMILES string of the molecule is CCNC(=O)CNC(=O)c1sc2nnccc2c1N. The number of hydrogen-bond acceptors (Lipinski definition) is 6. The van der Waals surface area contributed by atoms with Crippen LogP contribution in [-0.2, 0) is 4.79 Å². The van der Waals surface area contributed by atoms with Gasteiger partial charge in [0, 0.05) is 11.9 Å². The fourth-order valence-electron chi connectivity index (χ4n) is 1.54. The van der Waals surface area contributed by atoms with Crippen molar-refractivity contribution in [3.05, 3.63) is 17.1 Å². The molecule has 0 bridgehead atoms. The van der Waals surface area contributed by atoms with E-state index in [-0.39, 0.29) is 18.4 Å². The van der Waals surface area contributed by atoms with E-state index in [1.807, 2.05) is 6.92 Å². The number of fused-ring (bicyclic) bond motifs is 1. The van der Waals surface area contributed by atoms with E-state index in [4.69, 9.17) is 5.73 Å². The zero-order valence-corrected chi connectivity index (χ0v) is 11.1. The van der Waals surface area contributed by atoms with Crippen LogP contribution < -0.4 is 16.4 Å². The molecule has 0 aliphatic rings. The second-order valence-corrected chi connectivity index (χ2v) is 4.73. The Morgan fingerprint density at radius 3 is 2.89 bits per heavy atom. The van der Waals surface area contributed by atoms with Crippen LogP contribution >= 0.6 is 11.3 Å². The van der Waals surface area contributed by atoms with Gasteiger partial charge in [0.25, 0.3) is 5.91 Å². The van der Waals surface area contributed by atoms with E-state index in [0.29, 0.717) is 27.3 Å². The molecule has 2 aromatic heterocycles. The highest BCUT2D eigenvalue weighted by atomic mass is 32.1. The first kappa shape index (κ1) is 13.2. The van der Waals surface area contributed by atoms with Crippen LogP contribution in [0.4, 0.5) is 5.69 Å². The summed E-state index contributed by atoms with van der Waals surface area (Å²) in [7, 11) is 0. The van der Waals surface area contributed by atoms with Crippen molar-refractivity contribution in [3.63, 3.8) is 0 Å². The largest absolute Gasteiger partial charge is 0.397 e. The van der Waals surface area contributed by atoms with Gasteiger partial charge in [0.2, 0.25) is 5.91 Å². The van der Waals surface area contributed by atoms with Crippen molar-refractivity contribution < 1.29 is 9.59 Å². The Morgan fingerprint density at radius 2 is 2.21 bits per heavy atom. The summed E-state index contributed by atoms with van der Waals surface area (Å²) in [5, 5.41) is 13.4. The maximum absolute atomic E-state index is 11.9. The smallest absolute Gasteiger partial charge is 0.264 e. The third-order valence-electron chi connectivity index (χ3n) is 2.41. The van der Waals surface area contributed by atoms with Gasteiger partial charge < -0.3 is 16.4 Å². The molecule has 0 unspecified atom stereocenters. The number of aromatic nitrogens is 2. The molecule has 100 valence electrons. The molecule has 4 N–H and O–H groups in total. The summed E-state index contributed by atoms with van der Waals surface area (Å²) in [6.07, 6.45) is 1.52. The van der Waals surface area contributed by atoms with Gasteiger partial charge in [-0.2, -0.15) is 5.10 Å². The van der Waals surface area contributed by atoms with Crippen LogP contribution in [0.15, 0.2) is 12.3 Å². The van der Waals surface area contributed by atoms with Crippen molar-refractivity contribution >= 4 is 39.1 Å². The molecule has 0 fully saturated rings. The number of amides is 2. The molecule has 0 spiro atoms. The van der Waals surface area contributed by atoms with Gasteiger partial charge >= 0.3 is 0 Å². The molecular weight excluding hydrogens is 266 g/mol. The fraction of sp³-hybridized carbons (Fsp3) is 0.273. The Hall–Kier alpha value is -2.22. The van der Waals surface area contributed by atoms with Crippen LogP contribution in [0.5, 0.6) is 0 Å². The van der Waals surface area contributed by atoms with Crippen LogP contribution in [-0.4, -0.2) is 35.1 Å². The lowest BCUT2D eigenvalue weighted by atomic mass is 10.3. The van der Waals surface area contributed by atoms with Crippen molar-refractivity contribution in [3.8, 4) is 0 Å². The summed E-state index contributed by atoms with van der Waals surface area (Å²) < 4.78 is 0. The summed E-state index contributed by atoms with van der Waals surface area (Å²) in [5.41, 5.74) is 6.25. The van der Waals surface area contributed by atoms with Gasteiger partial charge in [-0.25, -0.2) is 0 Å². The number of thiophene rings is 1. The summed E-state index contributed by atoms with van der Waals surface area (Å²) in [4.78, 5) is 24.1. The second kappa shape index (κ2) is 5.61. The van der Waals surface area contributed by atoms with E-state index in [0.717, 1.165) is 11.3 Å². The molecule has 0 aliphatic heterocycles. The number of nitrogen functional groups attached to an aromatic ring is 1. The van der Waals surface area contributed by atoms with Crippen molar-refractivity contribution in [2.24, 2.45) is 0 Å². The molecule has 2 rings (SSSR count). The quantitative estimate of drug-likeness (QED) is 0.737. The molecule has 8 heteroatoms. The van der Waals surface area contributed by atoms with E-state index in [2.05, 4.69) is 20.8 Å². The number of nitrogens with zero attached hydrogens (tertiary/aromatic N) is 2. The predicted octanol–water partition coefficient (Wildman–Crippen LogP) is 0.139. The second-order valence-electron chi connectivity index (χ2n) is 3.73. The standard InChI is InChI=1S/C11H13N5O2S/c1-2-13-7(17)5-14-10(18)9-8(12)6-3-4-15-16-11(6)19-9/h3-4H,2,5,12H2,1H3,(H,13,17)(H,14,18). The first-order valence-electron chi connectivity index (χ1n) is 5.68. The number of carbonyl (C=O) groups excluding carboxylic acids is 2. The lowest BCUT2D eigenvalue weighted by Crippen LogP contribution is -2.36. The maximum atomic E-state index is 11.9. The van der Waals surface area contributed by atoms with Crippen LogP contribution in [0.1, 0.15) is 16.6 Å². The van der Waals surface area contributed by atoms with Crippen molar-refractivity contribution in [1.29, 1.82) is 0 Å². The van der Waals surface area contributed by atoms with E-state index in [1.54, 1.807) is 6.07 Å². The van der Waals surface area contributed by atoms with Gasteiger partial charge in [0.15, 0.2) is 0 Å². The summed E-state index contributed by atoms with van der Waals surface area (Å²) >= 11 is 1.15. The molecule has 0 atom stereocenters. The lowest BCUT2D eigenvalue weighted by molar-refractivity contribution is -0.120. The average molecular weight is 279 g/mol. The monoisotopic (exact) mass is 279 g/mol. The van der Waals surface area contributed by atoms with Crippen molar-refractivity contribution in [2.75, 3.05) is 18.8 Å². The van der Waals surface area contributed by atoms with Crippen LogP contribution in [0.25, 0.3) is 10.2 Å². The highest BCUT2D eigenvalue weighted by molar-refractivity contribution is 7.21. The number of carbonyl (C=O) groups is 2. The van der Waals surface area contributed by atoms with Crippen LogP contribution in [0.3, 0.4) is 0 Å². The number of rotatable bonds is 4. The van der Waals surface area contributed by atoms with Crippen molar-refractivity contribution in [2.45, 2.75) is 6.92 Å². The van der Waals surface area contributed by atoms with Gasteiger partial charge in [-0.05, 0) is 13.0 Å². The molecule has 2 aromatic rings. The molecule has 0 radical (unpaired) electrons. The molecule has 2 heterocycles. The lowest BCUT2D eigenvalue weighted by Gasteiger charge is -2.04. The minimum Gasteiger partial charge on any atom is -0.397 e. The van der Waals surface area contributed by atoms with Crippen LogP contribution in [0, 0.1) is 0 Å². The summed E-state index contributed by atoms with van der Waals surface area (Å²) in [5.74, 6) is -0.623. The summed E-state index contributed by atoms with van der Waals surface area (Å²) in [6.45, 7) is 2.25. The molecule has 7 nitrogen and oxygen atoms in total. The Morgan fingerprint density at radius 1 is 1.42 bits per heavy atom. The first-order valence-corrected chi connectivity index (χ1v) is 6.49. The van der Waals surface area contributed by atoms with Crippen LogP contribution in [0.2, 0.25) is 0 Å². The van der Waals surface area contributed by atoms with E-state index in [9.17, 15) is 9.59 Å². The fourth-order valence-corrected chi connectivity index (χ4v) is 2.50. The first-order chi connectivity index (χ1) is 9.13. The highest BCUT2D eigenvalue weighted by Crippen LogP contribution is 2.31. The topological polar surface area (TPSA) is 110 Å². The van der Waals surface area contributed by atoms with E-state index < -0.39 is 0 Å². The Kier molecular flexibility index (Phi) is 3.91. The van der Waals surface area contributed by atoms with Gasteiger partial charge in [-0.15, -0.1) is 16.4 Å². The average Bonchev–Trinajstić information content (AvgIpc) is 2.74. The van der Waals surface area contributed by atoms with Crippen molar-refractivity contribution in [1.82, 2.24) is 20.8 Å². The zero-order chi connectivity index (χ0) is 13.8. The highest BCUT2D eigenvalue weighted by Gasteiger charge is 2.17. The molecule has 0 aliphatic carbocycles. The number of hydrogen-bond donors (Lipinski definition) is 3. The van der Waals surface area contributed by atoms with E-state index >= 15 is 0 Å². The summed E-state index contributed by atoms with van der Waals surface area (Å²) in [6, 6.07) is 1.70.